The number of likely N-dealkylation sites (N-methyl/N-ethyl adjacent to an activating group) is 1. The van der Waals surface area contributed by atoms with Crippen molar-refractivity contribution >= 4 is 46.8 Å². The first kappa shape index (κ1) is 92.8. The van der Waals surface area contributed by atoms with E-state index in [4.69, 9.17) is 0 Å². The van der Waals surface area contributed by atoms with E-state index in [1.165, 1.54) is 45.4 Å². The van der Waals surface area contributed by atoms with Gasteiger partial charge in [-0.15, -0.1) is 0 Å². The number of amides is 4. The van der Waals surface area contributed by atoms with Crippen molar-refractivity contribution in [3.63, 3.8) is 0 Å². The van der Waals surface area contributed by atoms with Crippen molar-refractivity contribution in [1.29, 1.82) is 0 Å². The van der Waals surface area contributed by atoms with Crippen molar-refractivity contribution in [2.24, 2.45) is 53.3 Å². The van der Waals surface area contributed by atoms with Crippen molar-refractivity contribution < 1.29 is 38.4 Å². The van der Waals surface area contributed by atoms with Crippen LogP contribution in [0.5, 0.6) is 0 Å². The van der Waals surface area contributed by atoms with Gasteiger partial charge in [-0.1, -0.05) is 161 Å². The first-order chi connectivity index (χ1) is 34.3. The molecular weight excluding hydrogens is 941 g/mol. The Bertz CT molecular complexity index is 1440. The molecule has 75 heavy (non-hydrogen) atoms. The number of Topliss-reactive ketones (excluding diaryl/α,β-unsaturated/α-hetero) is 2. The molecule has 0 radical (unpaired) electrons. The van der Waals surface area contributed by atoms with Gasteiger partial charge in [0.2, 0.25) is 23.6 Å². The Kier molecular flexibility index (Phi) is 85.7. The van der Waals surface area contributed by atoms with Crippen LogP contribution >= 0.6 is 0 Å². The monoisotopic (exact) mass is 1060 g/mol. The van der Waals surface area contributed by atoms with Crippen molar-refractivity contribution in [3.05, 3.63) is 60.9 Å². The lowest BCUT2D eigenvalue weighted by Gasteiger charge is -2.09. The molecule has 4 N–H and O–H groups in total. The summed E-state index contributed by atoms with van der Waals surface area (Å²) in [5.41, 5.74) is 0. The predicted molar refractivity (Wildman–Crippen MR) is 327 cm³/mol. The maximum atomic E-state index is 11.0. The number of rotatable bonds is 18. The average Bonchev–Trinajstić information content (AvgIpc) is 3.25. The van der Waals surface area contributed by atoms with Crippen LogP contribution in [-0.4, -0.2) is 66.4 Å². The fourth-order valence-electron chi connectivity index (χ4n) is 4.38. The quantitative estimate of drug-likeness (QED) is 0.0772. The van der Waals surface area contributed by atoms with E-state index in [1.54, 1.807) is 44.5 Å². The molecule has 0 saturated carbocycles. The van der Waals surface area contributed by atoms with E-state index in [9.17, 15) is 38.4 Å². The maximum absolute atomic E-state index is 11.0. The van der Waals surface area contributed by atoms with Gasteiger partial charge in [-0.2, -0.15) is 0 Å². The molecule has 0 atom stereocenters. The third-order valence-corrected chi connectivity index (χ3v) is 7.86. The van der Waals surface area contributed by atoms with Gasteiger partial charge in [-0.3, -0.25) is 38.4 Å². The first-order valence-electron chi connectivity index (χ1n) is 27.5. The van der Waals surface area contributed by atoms with E-state index < -0.39 is 0 Å². The Morgan fingerprint density at radius 2 is 0.760 bits per heavy atom. The van der Waals surface area contributed by atoms with Gasteiger partial charge in [0.15, 0.2) is 11.6 Å². The molecule has 0 spiro atoms. The van der Waals surface area contributed by atoms with Gasteiger partial charge < -0.3 is 21.3 Å². The molecule has 0 aromatic rings. The molecule has 0 unspecified atom stereocenters. The second-order valence-corrected chi connectivity index (χ2v) is 21.3. The van der Waals surface area contributed by atoms with Gasteiger partial charge >= 0.3 is 0 Å². The van der Waals surface area contributed by atoms with E-state index >= 15 is 0 Å². The molecular formula is C63H124N4O8. The van der Waals surface area contributed by atoms with Crippen LogP contribution in [0.15, 0.2) is 60.9 Å². The molecule has 0 heterocycles. The first-order valence-corrected chi connectivity index (χ1v) is 27.5. The summed E-state index contributed by atoms with van der Waals surface area (Å²) in [5.74, 6) is 5.52. The zero-order chi connectivity index (χ0) is 61.8. The van der Waals surface area contributed by atoms with Gasteiger partial charge in [-0.25, -0.2) is 0 Å². The van der Waals surface area contributed by atoms with Crippen molar-refractivity contribution in [2.45, 2.75) is 233 Å². The second-order valence-electron chi connectivity index (χ2n) is 21.3. The summed E-state index contributed by atoms with van der Waals surface area (Å²) < 4.78 is 0. The number of carbonyl (C=O) groups excluding carboxylic acids is 8. The van der Waals surface area contributed by atoms with Gasteiger partial charge in [0.05, 0.1) is 0 Å². The van der Waals surface area contributed by atoms with Crippen molar-refractivity contribution in [3.8, 4) is 0 Å². The highest BCUT2D eigenvalue weighted by atomic mass is 16.2. The minimum absolute atomic E-state index is 0.0295. The molecule has 444 valence electrons. The summed E-state index contributed by atoms with van der Waals surface area (Å²) in [7, 11) is 1.60. The lowest BCUT2D eigenvalue weighted by atomic mass is 9.99. The minimum atomic E-state index is -0.0532. The molecule has 0 aromatic heterocycles. The lowest BCUT2D eigenvalue weighted by molar-refractivity contribution is -0.124. The van der Waals surface area contributed by atoms with Crippen LogP contribution in [-0.2, 0) is 38.4 Å². The predicted octanol–water partition coefficient (Wildman–Crippen LogP) is 15.0. The van der Waals surface area contributed by atoms with Gasteiger partial charge in [-0.05, 0) is 136 Å². The number of carbonyl (C=O) groups is 8. The number of nitrogens with one attached hydrogen (secondary N) is 4. The number of allylic oxidation sites excluding steroid dienone is 8. The largest absolute Gasteiger partial charge is 0.356 e. The summed E-state index contributed by atoms with van der Waals surface area (Å²) in [6.45, 7) is 57.7. The molecule has 0 aliphatic carbocycles. The molecule has 12 heteroatoms. The number of hydrogen-bond acceptors (Lipinski definition) is 8. The smallest absolute Gasteiger partial charge is 0.243 e. The molecule has 0 saturated heterocycles. The highest BCUT2D eigenvalue weighted by Gasteiger charge is 2.09. The fraction of sp³-hybridized carbons (Fsp3) is 0.714. The van der Waals surface area contributed by atoms with E-state index in [0.717, 1.165) is 31.2 Å². The fourth-order valence-corrected chi connectivity index (χ4v) is 4.38. The Hall–Kier alpha value is -4.74. The molecule has 0 aliphatic rings. The summed E-state index contributed by atoms with van der Waals surface area (Å²) in [6, 6.07) is 0.270. The maximum Gasteiger partial charge on any atom is 0.243 e. The third-order valence-electron chi connectivity index (χ3n) is 7.86. The van der Waals surface area contributed by atoms with Crippen molar-refractivity contribution in [2.75, 3.05) is 13.6 Å². The van der Waals surface area contributed by atoms with E-state index in [0.29, 0.717) is 41.7 Å². The van der Waals surface area contributed by atoms with Crippen LogP contribution in [0.2, 0.25) is 0 Å². The molecule has 4 amide bonds. The minimum Gasteiger partial charge on any atom is -0.356 e. The van der Waals surface area contributed by atoms with Crippen LogP contribution in [0.4, 0.5) is 0 Å². The normalized spacial score (nSPS) is 10.3. The SMILES string of the molecule is C/C=C/C.C/C=C/C(=O)NC.C/C=C/C(C)=O.C/C=C/C(C)=O.C/C=C/NC(C)=O.CC(C)CC(=O)C(C)C.CC(C)CC(=O)C(C)C.CC(C)CC(=O)NC(C)C.CC(C)CC(C)C.CC(C)CNC(=O)C(C)C. The summed E-state index contributed by atoms with van der Waals surface area (Å²) in [6.07, 6.45) is 20.5. The van der Waals surface area contributed by atoms with E-state index in [-0.39, 0.29) is 59.0 Å². The summed E-state index contributed by atoms with van der Waals surface area (Å²) in [4.78, 5) is 84.0. The van der Waals surface area contributed by atoms with Crippen LogP contribution in [0.3, 0.4) is 0 Å². The zero-order valence-electron chi connectivity index (χ0n) is 54.3. The Labute approximate surface area is 464 Å². The number of hydrogen-bond donors (Lipinski definition) is 4. The van der Waals surface area contributed by atoms with Crippen LogP contribution in [0.25, 0.3) is 0 Å². The van der Waals surface area contributed by atoms with Crippen LogP contribution in [0.1, 0.15) is 226 Å². The number of ketones is 4. The Morgan fingerprint density at radius 3 is 0.880 bits per heavy atom. The average molecular weight is 1070 g/mol. The molecule has 0 aromatic carbocycles. The van der Waals surface area contributed by atoms with Crippen LogP contribution in [0, 0.1) is 53.3 Å². The van der Waals surface area contributed by atoms with E-state index in [1.807, 2.05) is 116 Å². The second kappa shape index (κ2) is 69.3. The van der Waals surface area contributed by atoms with E-state index in [2.05, 4.69) is 90.5 Å². The highest BCUT2D eigenvalue weighted by molar-refractivity contribution is 5.87. The summed E-state index contributed by atoms with van der Waals surface area (Å²) >= 11 is 0. The zero-order valence-corrected chi connectivity index (χ0v) is 54.3. The molecule has 0 bridgehead atoms. The molecule has 0 fully saturated rings. The standard InChI is InChI=1S/2C8H17NO.2C8H16O.C7H16.2C5H9NO.2C5H8O.C4H8/c1-6(2)5-9-8(10)7(3)4;1-6(2)5-8(10)9-7(3)4;2*1-6(2)5-8(9)7(3)4;1-6(2)5-7(3)4;1-3-4-5(7)6-2;1-3-4-6-5(2)7;2*1-3-4-5(2)6;1-3-4-2/h2*6-7H,5H2,1-4H3,(H,9,10);2*6-7H,5H2,1-4H3;6-7H,5H2,1-4H3;2*3-4H,1-2H3,(H,6,7);2*3-4H,1-2H3;3-4H,1-2H3/b;;;;;5*4-3+. The summed E-state index contributed by atoms with van der Waals surface area (Å²) in [5, 5.41) is 10.6. The highest BCUT2D eigenvalue weighted by Crippen LogP contribution is 2.09. The Morgan fingerprint density at radius 1 is 0.413 bits per heavy atom. The molecule has 12 nitrogen and oxygen atoms in total. The van der Waals surface area contributed by atoms with Gasteiger partial charge in [0.25, 0.3) is 0 Å². The topological polar surface area (TPSA) is 185 Å². The third kappa shape index (κ3) is 135. The lowest BCUT2D eigenvalue weighted by Crippen LogP contribution is -2.30. The van der Waals surface area contributed by atoms with Crippen LogP contribution < -0.4 is 21.3 Å². The molecule has 0 aliphatic heterocycles. The van der Waals surface area contributed by atoms with Crippen molar-refractivity contribution in [1.82, 2.24) is 21.3 Å². The van der Waals surface area contributed by atoms with Gasteiger partial charge in [0.1, 0.15) is 11.6 Å². The Balaban J connectivity index is -0.0000000789. The molecule has 0 rings (SSSR count). The van der Waals surface area contributed by atoms with Gasteiger partial charge in [0, 0.05) is 63.6 Å².